The second-order valence-corrected chi connectivity index (χ2v) is 11.5. The van der Waals surface area contributed by atoms with Crippen molar-refractivity contribution in [2.75, 3.05) is 32.1 Å². The molecule has 1 saturated heterocycles. The third-order valence-corrected chi connectivity index (χ3v) is 8.65. The van der Waals surface area contributed by atoms with Crippen molar-refractivity contribution in [3.63, 3.8) is 0 Å². The molecule has 0 radical (unpaired) electrons. The van der Waals surface area contributed by atoms with Gasteiger partial charge in [-0.05, 0) is 49.1 Å². The second-order valence-electron chi connectivity index (χ2n) is 10.7. The molecule has 2 aliphatic rings. The molecule has 2 heterocycles. The highest BCUT2D eigenvalue weighted by Gasteiger charge is 2.36. The van der Waals surface area contributed by atoms with E-state index in [4.69, 9.17) is 33.7 Å². The number of piperidine rings is 1. The number of halogens is 3. The average molecular weight is 637 g/mol. The van der Waals surface area contributed by atoms with E-state index in [1.54, 1.807) is 12.0 Å². The summed E-state index contributed by atoms with van der Waals surface area (Å²) < 4.78 is 20.0. The van der Waals surface area contributed by atoms with Crippen LogP contribution in [0.25, 0.3) is 0 Å². The minimum absolute atomic E-state index is 0.00910. The van der Waals surface area contributed by atoms with E-state index in [1.807, 2.05) is 24.3 Å². The van der Waals surface area contributed by atoms with Gasteiger partial charge in [0.15, 0.2) is 5.82 Å². The van der Waals surface area contributed by atoms with Crippen molar-refractivity contribution in [3.05, 3.63) is 63.4 Å². The van der Waals surface area contributed by atoms with E-state index in [9.17, 15) is 23.6 Å². The largest absolute Gasteiger partial charge is 0.380 e. The Morgan fingerprint density at radius 2 is 1.81 bits per heavy atom. The molecule has 2 aromatic carbocycles. The monoisotopic (exact) mass is 635 g/mol. The van der Waals surface area contributed by atoms with Crippen LogP contribution >= 0.6 is 23.2 Å². The molecule has 0 spiro atoms. The zero-order valence-corrected chi connectivity index (χ0v) is 25.4. The Morgan fingerprint density at radius 3 is 2.53 bits per heavy atom. The topological polar surface area (TPSA) is 134 Å². The number of nitrogens with zero attached hydrogens (tertiary/aromatic N) is 2. The van der Waals surface area contributed by atoms with Gasteiger partial charge in [-0.1, -0.05) is 47.5 Å². The van der Waals surface area contributed by atoms with Crippen molar-refractivity contribution in [2.24, 2.45) is 5.73 Å². The van der Waals surface area contributed by atoms with Gasteiger partial charge >= 0.3 is 0 Å². The minimum Gasteiger partial charge on any atom is -0.380 e. The summed E-state index contributed by atoms with van der Waals surface area (Å²) in [6.45, 7) is 1.34. The average Bonchev–Trinajstić information content (AvgIpc) is 3.02. The smallest absolute Gasteiger partial charge is 0.247 e. The number of anilines is 1. The molecule has 0 unspecified atom stereocenters. The first-order chi connectivity index (χ1) is 20.6. The van der Waals surface area contributed by atoms with Gasteiger partial charge in [0, 0.05) is 46.0 Å². The van der Waals surface area contributed by atoms with E-state index < -0.39 is 29.7 Å². The molecule has 4 N–H and O–H groups in total. The zero-order chi connectivity index (χ0) is 31.1. The van der Waals surface area contributed by atoms with E-state index in [1.165, 1.54) is 17.0 Å². The number of amides is 4. The lowest BCUT2D eigenvalue weighted by molar-refractivity contribution is -0.144. The van der Waals surface area contributed by atoms with Gasteiger partial charge in [-0.15, -0.1) is 0 Å². The number of fused-ring (bicyclic) bond motifs is 1. The van der Waals surface area contributed by atoms with Gasteiger partial charge in [-0.3, -0.25) is 19.2 Å². The summed E-state index contributed by atoms with van der Waals surface area (Å²) in [6, 6.07) is 8.06. The summed E-state index contributed by atoms with van der Waals surface area (Å²) in [7, 11) is 1.62. The molecule has 4 amide bonds. The van der Waals surface area contributed by atoms with Gasteiger partial charge in [0.1, 0.15) is 12.1 Å². The highest BCUT2D eigenvalue weighted by molar-refractivity contribution is 6.42. The van der Waals surface area contributed by atoms with E-state index in [2.05, 4.69) is 10.6 Å². The van der Waals surface area contributed by atoms with Crippen LogP contribution in [-0.2, 0) is 36.9 Å². The van der Waals surface area contributed by atoms with Gasteiger partial charge < -0.3 is 30.9 Å². The molecule has 13 heteroatoms. The summed E-state index contributed by atoms with van der Waals surface area (Å²) in [5, 5.41) is 4.78. The number of benzene rings is 2. The van der Waals surface area contributed by atoms with E-state index in [0.717, 1.165) is 24.0 Å². The molecule has 2 aliphatic heterocycles. The quantitative estimate of drug-likeness (QED) is 0.343. The molecule has 0 saturated carbocycles. The molecular formula is C30H36Cl2FN5O5. The number of carbonyl (C=O) groups excluding carboxylic acids is 4. The van der Waals surface area contributed by atoms with E-state index >= 15 is 0 Å². The van der Waals surface area contributed by atoms with Crippen LogP contribution < -0.4 is 16.4 Å². The predicted octanol–water partition coefficient (Wildman–Crippen LogP) is 3.28. The molecule has 0 aliphatic carbocycles. The van der Waals surface area contributed by atoms with Crippen LogP contribution in [0.2, 0.25) is 10.0 Å². The fourth-order valence-electron chi connectivity index (χ4n) is 5.44. The van der Waals surface area contributed by atoms with Crippen LogP contribution in [0.15, 0.2) is 36.4 Å². The van der Waals surface area contributed by atoms with Crippen molar-refractivity contribution in [1.82, 2.24) is 15.1 Å². The zero-order valence-electron chi connectivity index (χ0n) is 23.9. The summed E-state index contributed by atoms with van der Waals surface area (Å²) in [5.41, 5.74) is 7.32. The fraction of sp³-hybridized carbons (Fsp3) is 0.467. The van der Waals surface area contributed by atoms with Crippen molar-refractivity contribution < 1.29 is 28.3 Å². The van der Waals surface area contributed by atoms with Crippen molar-refractivity contribution >= 4 is 52.5 Å². The van der Waals surface area contributed by atoms with Crippen LogP contribution in [0.1, 0.15) is 43.2 Å². The summed E-state index contributed by atoms with van der Waals surface area (Å²) in [6.07, 6.45) is 1.92. The molecule has 4 rings (SSSR count). The van der Waals surface area contributed by atoms with Crippen LogP contribution in [0.3, 0.4) is 0 Å². The summed E-state index contributed by atoms with van der Waals surface area (Å²) >= 11 is 11.7. The Kier molecular flexibility index (Phi) is 11.4. The highest BCUT2D eigenvalue weighted by Crippen LogP contribution is 2.30. The number of hydrogen-bond acceptors (Lipinski definition) is 6. The highest BCUT2D eigenvalue weighted by atomic mass is 35.5. The number of ether oxygens (including phenoxy) is 1. The molecule has 2 aromatic rings. The maximum Gasteiger partial charge on any atom is 0.247 e. The first-order valence-electron chi connectivity index (χ1n) is 14.2. The normalized spacial score (nSPS) is 18.9. The maximum absolute atomic E-state index is 14.6. The standard InChI is InChI=1S/C30H36Cl2FN5O5/c1-43-20-7-4-14-37(17-20)25(39)10-11-26(40)38-16-19-6-3-2-5-18(19)15-24(38)30(42)36-23(12-13-34)29(41)35-22-9-8-21(31)27(32)28(22)33/h2-3,5-6,8-9,20,23-24H,4,7,10-17,34H2,1H3,(H,35,41)(H,36,42)/t20-,23+,24+/m1/s1. The number of rotatable bonds is 10. The summed E-state index contributed by atoms with van der Waals surface area (Å²) in [4.78, 5) is 56.3. The van der Waals surface area contributed by atoms with Crippen molar-refractivity contribution in [3.8, 4) is 0 Å². The van der Waals surface area contributed by atoms with Gasteiger partial charge in [0.2, 0.25) is 23.6 Å². The lowest BCUT2D eigenvalue weighted by Gasteiger charge is -2.37. The fourth-order valence-corrected chi connectivity index (χ4v) is 5.75. The lowest BCUT2D eigenvalue weighted by Crippen LogP contribution is -2.56. The molecule has 0 bridgehead atoms. The number of methoxy groups -OCH3 is 1. The Morgan fingerprint density at radius 1 is 1.09 bits per heavy atom. The minimum atomic E-state index is -1.12. The van der Waals surface area contributed by atoms with Crippen molar-refractivity contribution in [2.45, 2.75) is 63.3 Å². The van der Waals surface area contributed by atoms with Crippen LogP contribution in [0, 0.1) is 5.82 Å². The first-order valence-corrected chi connectivity index (χ1v) is 15.0. The van der Waals surface area contributed by atoms with Crippen molar-refractivity contribution in [1.29, 1.82) is 0 Å². The molecule has 232 valence electrons. The molecule has 0 aromatic heterocycles. The van der Waals surface area contributed by atoms with Crippen LogP contribution in [0.5, 0.6) is 0 Å². The second kappa shape index (κ2) is 15.0. The number of nitrogens with one attached hydrogen (secondary N) is 2. The Bertz CT molecular complexity index is 1360. The van der Waals surface area contributed by atoms with E-state index in [-0.39, 0.29) is 72.4 Å². The Labute approximate surface area is 260 Å². The van der Waals surface area contributed by atoms with Gasteiger partial charge in [-0.2, -0.15) is 0 Å². The summed E-state index contributed by atoms with van der Waals surface area (Å²) in [5.74, 6) is -2.65. The first kappa shape index (κ1) is 32.7. The maximum atomic E-state index is 14.6. The SMILES string of the molecule is CO[C@@H]1CCCN(C(=O)CCC(=O)N2Cc3ccccc3C[C@H]2C(=O)N[C@@H](CCN)C(=O)Nc2ccc(Cl)c(Cl)c2F)C1. The molecular weight excluding hydrogens is 600 g/mol. The molecule has 1 fully saturated rings. The number of carbonyl (C=O) groups is 4. The van der Waals surface area contributed by atoms with E-state index in [0.29, 0.717) is 13.1 Å². The number of hydrogen-bond donors (Lipinski definition) is 3. The van der Waals surface area contributed by atoms with Gasteiger partial charge in [0.25, 0.3) is 0 Å². The molecule has 10 nitrogen and oxygen atoms in total. The van der Waals surface area contributed by atoms with Crippen LogP contribution in [-0.4, -0.2) is 78.4 Å². The molecule has 43 heavy (non-hydrogen) atoms. The Balaban J connectivity index is 1.47. The predicted molar refractivity (Wildman–Crippen MR) is 161 cm³/mol. The van der Waals surface area contributed by atoms with Crippen LogP contribution in [0.4, 0.5) is 10.1 Å². The lowest BCUT2D eigenvalue weighted by atomic mass is 9.92. The van der Waals surface area contributed by atoms with Gasteiger partial charge in [0.05, 0.1) is 21.8 Å². The number of nitrogens with two attached hydrogens (primary N) is 1. The third kappa shape index (κ3) is 8.03. The third-order valence-electron chi connectivity index (χ3n) is 7.87. The number of likely N-dealkylation sites (tertiary alicyclic amines) is 1. The van der Waals surface area contributed by atoms with Gasteiger partial charge in [-0.25, -0.2) is 4.39 Å². The molecule has 3 atom stereocenters. The Hall–Kier alpha value is -3.25.